The molecule has 4 N–H and O–H groups in total. The van der Waals surface area contributed by atoms with Crippen LogP contribution in [-0.4, -0.2) is 23.6 Å². The Kier molecular flexibility index (Phi) is 4.12. The van der Waals surface area contributed by atoms with Crippen LogP contribution in [0.25, 0.3) is 0 Å². The van der Waals surface area contributed by atoms with Gasteiger partial charge in [0, 0.05) is 6.54 Å². The van der Waals surface area contributed by atoms with Crippen LogP contribution in [0.2, 0.25) is 0 Å². The number of nitrogens with two attached hydrogens (primary N) is 1. The van der Waals surface area contributed by atoms with Crippen molar-refractivity contribution in [3.63, 3.8) is 0 Å². The number of aromatic nitrogens is 3. The zero-order chi connectivity index (χ0) is 14.8. The first-order valence-electron chi connectivity index (χ1n) is 5.80. The molecule has 0 amide bonds. The van der Waals surface area contributed by atoms with Crippen LogP contribution in [0, 0.1) is 5.82 Å². The monoisotopic (exact) mass is 299 g/mol. The lowest BCUT2D eigenvalue weighted by atomic mass is 10.2. The van der Waals surface area contributed by atoms with E-state index in [0.29, 0.717) is 11.4 Å². The summed E-state index contributed by atoms with van der Waals surface area (Å²) in [6.45, 7) is 1.71. The number of aromatic amines is 1. The van der Waals surface area contributed by atoms with Crippen molar-refractivity contribution < 1.29 is 12.8 Å². The number of H-pyrrole nitrogens is 1. The quantitative estimate of drug-likeness (QED) is 0.741. The predicted octanol–water partition coefficient (Wildman–Crippen LogP) is 0.442. The summed E-state index contributed by atoms with van der Waals surface area (Å²) in [5, 5.41) is 6.17. The number of benzene rings is 1. The smallest absolute Gasteiger partial charge is 0.244 e. The van der Waals surface area contributed by atoms with Crippen molar-refractivity contribution in [3.8, 4) is 0 Å². The van der Waals surface area contributed by atoms with Crippen molar-refractivity contribution in [1.29, 1.82) is 0 Å². The van der Waals surface area contributed by atoms with E-state index in [1.807, 2.05) is 0 Å². The summed E-state index contributed by atoms with van der Waals surface area (Å²) in [6, 6.07) is 3.10. The van der Waals surface area contributed by atoms with Crippen molar-refractivity contribution in [2.45, 2.75) is 24.4 Å². The van der Waals surface area contributed by atoms with E-state index in [0.717, 1.165) is 6.07 Å². The molecule has 1 aromatic heterocycles. The van der Waals surface area contributed by atoms with E-state index in [4.69, 9.17) is 5.73 Å². The molecular formula is C11H14FN5O2S. The lowest BCUT2D eigenvalue weighted by molar-refractivity contribution is 0.542. The lowest BCUT2D eigenvalue weighted by Crippen LogP contribution is -2.28. The highest BCUT2D eigenvalue weighted by atomic mass is 32.2. The average molecular weight is 299 g/mol. The molecule has 0 fully saturated rings. The largest absolute Gasteiger partial charge is 0.326 e. The van der Waals surface area contributed by atoms with E-state index in [1.54, 1.807) is 6.92 Å². The summed E-state index contributed by atoms with van der Waals surface area (Å²) in [5.41, 5.74) is 5.89. The zero-order valence-corrected chi connectivity index (χ0v) is 11.5. The molecule has 0 spiro atoms. The van der Waals surface area contributed by atoms with Crippen LogP contribution in [-0.2, 0) is 16.6 Å². The van der Waals surface area contributed by atoms with Gasteiger partial charge in [0.2, 0.25) is 10.0 Å². The Morgan fingerprint density at radius 3 is 2.80 bits per heavy atom. The fourth-order valence-corrected chi connectivity index (χ4v) is 2.93. The third-order valence-corrected chi connectivity index (χ3v) is 4.27. The molecular weight excluding hydrogens is 285 g/mol. The van der Waals surface area contributed by atoms with Crippen molar-refractivity contribution in [2.75, 3.05) is 0 Å². The molecule has 7 nitrogen and oxygen atoms in total. The number of hydrogen-bond acceptors (Lipinski definition) is 5. The van der Waals surface area contributed by atoms with Gasteiger partial charge in [0.05, 0.1) is 6.04 Å². The molecule has 0 saturated heterocycles. The average Bonchev–Trinajstić information content (AvgIpc) is 2.91. The van der Waals surface area contributed by atoms with Crippen LogP contribution >= 0.6 is 0 Å². The number of nitrogens with one attached hydrogen (secondary N) is 2. The van der Waals surface area contributed by atoms with Gasteiger partial charge in [-0.05, 0) is 24.6 Å². The summed E-state index contributed by atoms with van der Waals surface area (Å²) >= 11 is 0. The number of sulfonamides is 1. The van der Waals surface area contributed by atoms with Gasteiger partial charge in [-0.15, -0.1) is 0 Å². The molecule has 1 unspecified atom stereocenters. The first-order valence-corrected chi connectivity index (χ1v) is 7.28. The Morgan fingerprint density at radius 1 is 1.50 bits per heavy atom. The predicted molar refractivity (Wildman–Crippen MR) is 69.4 cm³/mol. The highest BCUT2D eigenvalue weighted by Crippen LogP contribution is 2.18. The van der Waals surface area contributed by atoms with Crippen LogP contribution in [0.5, 0.6) is 0 Å². The maximum absolute atomic E-state index is 13.8. The van der Waals surface area contributed by atoms with E-state index >= 15 is 0 Å². The Balaban J connectivity index is 2.27. The van der Waals surface area contributed by atoms with Gasteiger partial charge in [-0.1, -0.05) is 6.07 Å². The van der Waals surface area contributed by atoms with E-state index < -0.39 is 26.8 Å². The molecule has 2 rings (SSSR count). The van der Waals surface area contributed by atoms with Crippen LogP contribution in [0.15, 0.2) is 29.4 Å². The number of nitrogens with zero attached hydrogens (tertiary/aromatic N) is 2. The fraction of sp³-hybridized carbons (Fsp3) is 0.273. The molecule has 20 heavy (non-hydrogen) atoms. The van der Waals surface area contributed by atoms with Gasteiger partial charge in [-0.25, -0.2) is 22.5 Å². The molecule has 2 aromatic rings. The normalized spacial score (nSPS) is 13.3. The summed E-state index contributed by atoms with van der Waals surface area (Å²) in [7, 11) is -3.99. The van der Waals surface area contributed by atoms with Crippen LogP contribution in [0.3, 0.4) is 0 Å². The minimum absolute atomic E-state index is 0.138. The summed E-state index contributed by atoms with van der Waals surface area (Å²) in [6.07, 6.45) is 1.26. The molecule has 1 heterocycles. The number of halogens is 1. The summed E-state index contributed by atoms with van der Waals surface area (Å²) in [5.74, 6) is -0.502. The van der Waals surface area contributed by atoms with Gasteiger partial charge in [0.15, 0.2) is 0 Å². The number of rotatable bonds is 5. The van der Waals surface area contributed by atoms with Crippen molar-refractivity contribution in [1.82, 2.24) is 19.9 Å². The topological polar surface area (TPSA) is 114 Å². The third-order valence-electron chi connectivity index (χ3n) is 2.70. The molecule has 0 aliphatic rings. The first-order chi connectivity index (χ1) is 9.44. The lowest BCUT2D eigenvalue weighted by Gasteiger charge is -2.12. The van der Waals surface area contributed by atoms with Gasteiger partial charge in [0.25, 0.3) is 0 Å². The second-order valence-electron chi connectivity index (χ2n) is 4.18. The summed E-state index contributed by atoms with van der Waals surface area (Å²) in [4.78, 5) is 3.41. The molecule has 0 aliphatic heterocycles. The molecule has 1 aromatic carbocycles. The minimum atomic E-state index is -3.99. The highest BCUT2D eigenvalue weighted by Gasteiger charge is 2.23. The standard InChI is InChI=1S/C11H14FN5O2S/c1-7(11-14-6-15-16-11)17-20(18,19)10-3-2-8(5-13)4-9(10)12/h2-4,6-7,17H,5,13H2,1H3,(H,14,15,16). The Morgan fingerprint density at radius 2 is 2.25 bits per heavy atom. The van der Waals surface area contributed by atoms with Crippen LogP contribution in [0.4, 0.5) is 4.39 Å². The van der Waals surface area contributed by atoms with E-state index in [9.17, 15) is 12.8 Å². The number of hydrogen-bond donors (Lipinski definition) is 3. The van der Waals surface area contributed by atoms with Gasteiger partial charge in [-0.2, -0.15) is 5.10 Å². The minimum Gasteiger partial charge on any atom is -0.326 e. The molecule has 1 atom stereocenters. The van der Waals surface area contributed by atoms with E-state index in [2.05, 4.69) is 19.9 Å². The van der Waals surface area contributed by atoms with Crippen molar-refractivity contribution >= 4 is 10.0 Å². The summed E-state index contributed by atoms with van der Waals surface area (Å²) < 4.78 is 40.4. The maximum atomic E-state index is 13.8. The SMILES string of the molecule is CC(NS(=O)(=O)c1ccc(CN)cc1F)c1ncn[nH]1. The molecule has 0 aliphatic carbocycles. The second kappa shape index (κ2) is 5.65. The Labute approximate surface area is 115 Å². The molecule has 108 valence electrons. The molecule has 0 saturated carbocycles. The van der Waals surface area contributed by atoms with Gasteiger partial charge in [-0.3, -0.25) is 5.10 Å². The molecule has 9 heteroatoms. The van der Waals surface area contributed by atoms with E-state index in [1.165, 1.54) is 18.5 Å². The second-order valence-corrected chi connectivity index (χ2v) is 5.86. The third kappa shape index (κ3) is 3.00. The zero-order valence-electron chi connectivity index (χ0n) is 10.7. The highest BCUT2D eigenvalue weighted by molar-refractivity contribution is 7.89. The fourth-order valence-electron chi connectivity index (χ4n) is 1.66. The van der Waals surface area contributed by atoms with E-state index in [-0.39, 0.29) is 6.54 Å². The first kappa shape index (κ1) is 14.6. The van der Waals surface area contributed by atoms with Crippen LogP contribution < -0.4 is 10.5 Å². The Bertz CT molecular complexity index is 687. The molecule has 0 radical (unpaired) electrons. The Hall–Kier alpha value is -1.84. The maximum Gasteiger partial charge on any atom is 0.244 e. The van der Waals surface area contributed by atoms with Crippen molar-refractivity contribution in [3.05, 3.63) is 41.7 Å². The molecule has 0 bridgehead atoms. The van der Waals surface area contributed by atoms with Gasteiger partial charge in [0.1, 0.15) is 22.9 Å². The van der Waals surface area contributed by atoms with Crippen LogP contribution in [0.1, 0.15) is 24.4 Å². The van der Waals surface area contributed by atoms with Gasteiger partial charge < -0.3 is 5.73 Å². The van der Waals surface area contributed by atoms with Gasteiger partial charge >= 0.3 is 0 Å². The van der Waals surface area contributed by atoms with Crippen molar-refractivity contribution in [2.24, 2.45) is 5.73 Å².